The number of aromatic nitrogens is 2. The second-order valence-corrected chi connectivity index (χ2v) is 8.38. The summed E-state index contributed by atoms with van der Waals surface area (Å²) in [6.45, 7) is 3.09. The summed E-state index contributed by atoms with van der Waals surface area (Å²) in [4.78, 5) is 16.9. The third-order valence-corrected chi connectivity index (χ3v) is 6.50. The first-order valence-electron chi connectivity index (χ1n) is 8.78. The summed E-state index contributed by atoms with van der Waals surface area (Å²) >= 11 is 0. The number of fused-ring (bicyclic) bond motifs is 1. The minimum absolute atomic E-state index is 0.0795. The van der Waals surface area contributed by atoms with Crippen molar-refractivity contribution in [3.8, 4) is 0 Å². The Kier molecular flexibility index (Phi) is 4.69. The van der Waals surface area contributed by atoms with Gasteiger partial charge in [0.1, 0.15) is 5.82 Å². The molecule has 0 spiro atoms. The number of furan rings is 1. The van der Waals surface area contributed by atoms with Crippen molar-refractivity contribution in [3.05, 3.63) is 41.9 Å². The van der Waals surface area contributed by atoms with E-state index in [1.165, 1.54) is 16.4 Å². The number of hydrogen-bond donors (Lipinski definition) is 1. The maximum absolute atomic E-state index is 12.6. The standard InChI is InChI=1S/C18H20N4O5S/c1-12-19-14-11-13(3-4-15(14)21(12)2)20-18(23)16-5-6-17(27-16)28(24,25)22-7-9-26-10-8-22/h3-6,11H,7-10H2,1-2H3,(H,20,23). The molecule has 4 rings (SSSR count). The Morgan fingerprint density at radius 2 is 1.93 bits per heavy atom. The third-order valence-electron chi connectivity index (χ3n) is 4.73. The molecule has 28 heavy (non-hydrogen) atoms. The van der Waals surface area contributed by atoms with Crippen LogP contribution >= 0.6 is 0 Å². The van der Waals surface area contributed by atoms with Crippen LogP contribution in [0.25, 0.3) is 11.0 Å². The zero-order valence-electron chi connectivity index (χ0n) is 15.5. The Bertz CT molecular complexity index is 1140. The van der Waals surface area contributed by atoms with Gasteiger partial charge in [-0.05, 0) is 37.3 Å². The number of aryl methyl sites for hydroxylation is 2. The second kappa shape index (κ2) is 7.04. The van der Waals surface area contributed by atoms with Crippen LogP contribution < -0.4 is 5.32 Å². The number of imidazole rings is 1. The Morgan fingerprint density at radius 3 is 2.68 bits per heavy atom. The van der Waals surface area contributed by atoms with E-state index in [1.807, 2.05) is 24.6 Å². The summed E-state index contributed by atoms with van der Waals surface area (Å²) < 4.78 is 39.0. The Hall–Kier alpha value is -2.69. The van der Waals surface area contributed by atoms with Crippen molar-refractivity contribution in [2.24, 2.45) is 7.05 Å². The van der Waals surface area contributed by atoms with Crippen LogP contribution in [0, 0.1) is 6.92 Å². The first kappa shape index (κ1) is 18.7. The van der Waals surface area contributed by atoms with Crippen LogP contribution in [0.15, 0.2) is 39.8 Å². The Balaban J connectivity index is 1.53. The summed E-state index contributed by atoms with van der Waals surface area (Å²) in [5.74, 6) is 0.252. The van der Waals surface area contributed by atoms with Gasteiger partial charge >= 0.3 is 0 Å². The van der Waals surface area contributed by atoms with Crippen molar-refractivity contribution < 1.29 is 22.4 Å². The van der Waals surface area contributed by atoms with Crippen LogP contribution in [-0.4, -0.2) is 54.5 Å². The number of amides is 1. The fourth-order valence-electron chi connectivity index (χ4n) is 3.09. The first-order chi connectivity index (χ1) is 13.4. The lowest BCUT2D eigenvalue weighted by Crippen LogP contribution is -2.40. The molecule has 1 aliphatic rings. The topological polar surface area (TPSA) is 107 Å². The number of carbonyl (C=O) groups is 1. The van der Waals surface area contributed by atoms with E-state index in [-0.39, 0.29) is 23.9 Å². The quantitative estimate of drug-likeness (QED) is 0.710. The number of benzene rings is 1. The van der Waals surface area contributed by atoms with E-state index in [4.69, 9.17) is 9.15 Å². The molecule has 1 amide bonds. The number of carbonyl (C=O) groups excluding carboxylic acids is 1. The number of ether oxygens (including phenoxy) is 1. The van der Waals surface area contributed by atoms with E-state index in [1.54, 1.807) is 12.1 Å². The molecule has 0 bridgehead atoms. The summed E-state index contributed by atoms with van der Waals surface area (Å²) in [6, 6.07) is 8.03. The summed E-state index contributed by atoms with van der Waals surface area (Å²) in [6.07, 6.45) is 0. The van der Waals surface area contributed by atoms with Gasteiger partial charge in [0, 0.05) is 25.8 Å². The smallest absolute Gasteiger partial charge is 0.291 e. The molecule has 10 heteroatoms. The van der Waals surface area contributed by atoms with Gasteiger partial charge in [-0.1, -0.05) is 0 Å². The van der Waals surface area contributed by atoms with Gasteiger partial charge in [0.2, 0.25) is 5.09 Å². The van der Waals surface area contributed by atoms with E-state index < -0.39 is 15.9 Å². The molecular weight excluding hydrogens is 384 g/mol. The van der Waals surface area contributed by atoms with Crippen LogP contribution in [0.5, 0.6) is 0 Å². The highest BCUT2D eigenvalue weighted by atomic mass is 32.2. The van der Waals surface area contributed by atoms with Crippen LogP contribution in [0.4, 0.5) is 5.69 Å². The maximum atomic E-state index is 12.6. The lowest BCUT2D eigenvalue weighted by atomic mass is 10.2. The van der Waals surface area contributed by atoms with E-state index in [0.717, 1.165) is 16.9 Å². The molecule has 1 fully saturated rings. The highest BCUT2D eigenvalue weighted by Gasteiger charge is 2.30. The van der Waals surface area contributed by atoms with E-state index in [0.29, 0.717) is 18.9 Å². The predicted molar refractivity (Wildman–Crippen MR) is 102 cm³/mol. The van der Waals surface area contributed by atoms with Crippen LogP contribution in [0.3, 0.4) is 0 Å². The van der Waals surface area contributed by atoms with Crippen molar-refractivity contribution in [2.45, 2.75) is 12.0 Å². The molecule has 1 aliphatic heterocycles. The number of anilines is 1. The van der Waals surface area contributed by atoms with Gasteiger partial charge < -0.3 is 19.0 Å². The molecule has 0 radical (unpaired) electrons. The average molecular weight is 404 g/mol. The lowest BCUT2D eigenvalue weighted by Gasteiger charge is -2.24. The van der Waals surface area contributed by atoms with Crippen molar-refractivity contribution in [1.82, 2.24) is 13.9 Å². The minimum Gasteiger partial charge on any atom is -0.438 e. The fraction of sp³-hybridized carbons (Fsp3) is 0.333. The molecule has 3 aromatic rings. The highest BCUT2D eigenvalue weighted by molar-refractivity contribution is 7.89. The second-order valence-electron chi connectivity index (χ2n) is 6.51. The zero-order valence-corrected chi connectivity index (χ0v) is 16.3. The lowest BCUT2D eigenvalue weighted by molar-refractivity contribution is 0.0723. The number of rotatable bonds is 4. The summed E-state index contributed by atoms with van der Waals surface area (Å²) in [7, 11) is -1.87. The zero-order chi connectivity index (χ0) is 19.9. The molecule has 1 saturated heterocycles. The number of sulfonamides is 1. The van der Waals surface area contributed by atoms with E-state index >= 15 is 0 Å². The summed E-state index contributed by atoms with van der Waals surface area (Å²) in [5.41, 5.74) is 2.25. The molecule has 0 aliphatic carbocycles. The first-order valence-corrected chi connectivity index (χ1v) is 10.2. The van der Waals surface area contributed by atoms with Crippen LogP contribution in [-0.2, 0) is 21.8 Å². The van der Waals surface area contributed by atoms with E-state index in [9.17, 15) is 13.2 Å². The monoisotopic (exact) mass is 404 g/mol. The maximum Gasteiger partial charge on any atom is 0.291 e. The third kappa shape index (κ3) is 3.30. The largest absolute Gasteiger partial charge is 0.438 e. The predicted octanol–water partition coefficient (Wildman–Crippen LogP) is 1.75. The number of nitrogens with zero attached hydrogens (tertiary/aromatic N) is 3. The van der Waals surface area contributed by atoms with Crippen molar-refractivity contribution in [2.75, 3.05) is 31.6 Å². The molecular formula is C18H20N4O5S. The van der Waals surface area contributed by atoms with Gasteiger partial charge in [0.25, 0.3) is 15.9 Å². The molecule has 148 valence electrons. The molecule has 1 N–H and O–H groups in total. The molecule has 1 aromatic carbocycles. The molecule has 0 saturated carbocycles. The van der Waals surface area contributed by atoms with Gasteiger partial charge in [-0.2, -0.15) is 4.31 Å². The Morgan fingerprint density at radius 1 is 1.18 bits per heavy atom. The molecule has 0 atom stereocenters. The number of hydrogen-bond acceptors (Lipinski definition) is 6. The SMILES string of the molecule is Cc1nc2cc(NC(=O)c3ccc(S(=O)(=O)N4CCOCC4)o3)ccc2n1C. The van der Waals surface area contributed by atoms with Gasteiger partial charge in [-0.15, -0.1) is 0 Å². The highest BCUT2D eigenvalue weighted by Crippen LogP contribution is 2.22. The van der Waals surface area contributed by atoms with Gasteiger partial charge in [-0.25, -0.2) is 13.4 Å². The molecule has 2 aromatic heterocycles. The van der Waals surface area contributed by atoms with Crippen molar-refractivity contribution in [3.63, 3.8) is 0 Å². The van der Waals surface area contributed by atoms with Crippen molar-refractivity contribution in [1.29, 1.82) is 0 Å². The fourth-order valence-corrected chi connectivity index (χ4v) is 4.41. The van der Waals surface area contributed by atoms with Gasteiger partial charge in [0.05, 0.1) is 24.2 Å². The molecule has 3 heterocycles. The minimum atomic E-state index is -3.78. The average Bonchev–Trinajstić information content (AvgIpc) is 3.29. The van der Waals surface area contributed by atoms with Crippen molar-refractivity contribution >= 4 is 32.7 Å². The van der Waals surface area contributed by atoms with Gasteiger partial charge in [-0.3, -0.25) is 4.79 Å². The molecule has 9 nitrogen and oxygen atoms in total. The number of nitrogens with one attached hydrogen (secondary N) is 1. The summed E-state index contributed by atoms with van der Waals surface area (Å²) in [5, 5.41) is 2.46. The van der Waals surface area contributed by atoms with Crippen LogP contribution in [0.1, 0.15) is 16.4 Å². The van der Waals surface area contributed by atoms with Crippen LogP contribution in [0.2, 0.25) is 0 Å². The number of morpholine rings is 1. The Labute approximate surface area is 161 Å². The molecule has 0 unspecified atom stereocenters. The normalized spacial score (nSPS) is 15.8. The van der Waals surface area contributed by atoms with Gasteiger partial charge in [0.15, 0.2) is 5.76 Å². The van der Waals surface area contributed by atoms with E-state index in [2.05, 4.69) is 10.3 Å².